The summed E-state index contributed by atoms with van der Waals surface area (Å²) in [5.74, 6) is -0.791. The lowest BCUT2D eigenvalue weighted by Gasteiger charge is -2.07. The van der Waals surface area contributed by atoms with Crippen LogP contribution in [0.3, 0.4) is 0 Å². The Morgan fingerprint density at radius 3 is 2.61 bits per heavy atom. The Morgan fingerprint density at radius 1 is 1.16 bits per heavy atom. The molecular formula is C21H18N6O3S. The van der Waals surface area contributed by atoms with Crippen LogP contribution in [0.1, 0.15) is 15.9 Å². The standard InChI is InChI=1S/C21H18N6O3S/c1-12-4-2-3-5-16(12)27-19-15(10-23-27)20(30)26-21(25-19)31-11-17(28)24-14-8-6-13(7-9-14)18(22)29/h2-10H,11H2,1H3,(H2,22,29)(H,24,28)(H,25,26,30). The molecule has 4 N–H and O–H groups in total. The SMILES string of the molecule is Cc1ccccc1-n1ncc2c(=O)[nH]c(SCC(=O)Nc3ccc(C(N)=O)cc3)nc21. The third kappa shape index (κ3) is 4.33. The number of H-pyrrole nitrogens is 1. The Balaban J connectivity index is 1.51. The highest BCUT2D eigenvalue weighted by Crippen LogP contribution is 2.20. The van der Waals surface area contributed by atoms with Crippen LogP contribution in [-0.4, -0.2) is 37.3 Å². The summed E-state index contributed by atoms with van der Waals surface area (Å²) >= 11 is 1.10. The monoisotopic (exact) mass is 434 g/mol. The summed E-state index contributed by atoms with van der Waals surface area (Å²) in [5, 5.41) is 7.71. The molecule has 0 spiro atoms. The van der Waals surface area contributed by atoms with Gasteiger partial charge in [0.05, 0.1) is 17.6 Å². The van der Waals surface area contributed by atoms with Gasteiger partial charge in [-0.3, -0.25) is 14.4 Å². The molecule has 0 bridgehead atoms. The number of amides is 2. The Kier molecular flexibility index (Phi) is 5.54. The normalized spacial score (nSPS) is 10.9. The van der Waals surface area contributed by atoms with Gasteiger partial charge in [0.1, 0.15) is 5.39 Å². The summed E-state index contributed by atoms with van der Waals surface area (Å²) in [6, 6.07) is 13.9. The van der Waals surface area contributed by atoms with E-state index in [9.17, 15) is 14.4 Å². The van der Waals surface area contributed by atoms with Gasteiger partial charge in [-0.2, -0.15) is 5.10 Å². The first kappa shape index (κ1) is 20.4. The molecule has 0 saturated heterocycles. The molecule has 0 saturated carbocycles. The fourth-order valence-corrected chi connectivity index (χ4v) is 3.65. The second-order valence-corrected chi connectivity index (χ2v) is 7.69. The number of aryl methyl sites for hydroxylation is 1. The minimum Gasteiger partial charge on any atom is -0.366 e. The molecule has 0 aliphatic heterocycles. The van der Waals surface area contributed by atoms with Crippen LogP contribution < -0.4 is 16.6 Å². The molecule has 4 aromatic rings. The van der Waals surface area contributed by atoms with E-state index < -0.39 is 5.91 Å². The van der Waals surface area contributed by atoms with Crippen molar-refractivity contribution in [1.82, 2.24) is 19.7 Å². The number of carbonyl (C=O) groups excluding carboxylic acids is 2. The molecule has 2 heterocycles. The van der Waals surface area contributed by atoms with Crippen molar-refractivity contribution in [2.24, 2.45) is 5.73 Å². The predicted molar refractivity (Wildman–Crippen MR) is 119 cm³/mol. The fraction of sp³-hybridized carbons (Fsp3) is 0.0952. The topological polar surface area (TPSA) is 136 Å². The highest BCUT2D eigenvalue weighted by atomic mass is 32.2. The number of fused-ring (bicyclic) bond motifs is 1. The van der Waals surface area contributed by atoms with E-state index in [2.05, 4.69) is 20.4 Å². The lowest BCUT2D eigenvalue weighted by atomic mass is 10.2. The highest BCUT2D eigenvalue weighted by molar-refractivity contribution is 7.99. The van der Waals surface area contributed by atoms with Gasteiger partial charge in [-0.05, 0) is 42.8 Å². The van der Waals surface area contributed by atoms with Crippen molar-refractivity contribution in [3.05, 3.63) is 76.2 Å². The van der Waals surface area contributed by atoms with Crippen molar-refractivity contribution < 1.29 is 9.59 Å². The fourth-order valence-electron chi connectivity index (χ4n) is 2.99. The molecule has 2 aromatic heterocycles. The van der Waals surface area contributed by atoms with Crippen LogP contribution >= 0.6 is 11.8 Å². The quantitative estimate of drug-likeness (QED) is 0.315. The van der Waals surface area contributed by atoms with Gasteiger partial charge in [-0.1, -0.05) is 30.0 Å². The molecule has 31 heavy (non-hydrogen) atoms. The number of rotatable bonds is 6. The number of anilines is 1. The van der Waals surface area contributed by atoms with Crippen LogP contribution in [-0.2, 0) is 4.79 Å². The molecule has 0 fully saturated rings. The number of benzene rings is 2. The highest BCUT2D eigenvalue weighted by Gasteiger charge is 2.14. The molecule has 0 atom stereocenters. The number of nitrogens with zero attached hydrogens (tertiary/aromatic N) is 3. The third-order valence-electron chi connectivity index (χ3n) is 4.55. The first-order valence-corrected chi connectivity index (χ1v) is 10.3. The van der Waals surface area contributed by atoms with E-state index in [1.165, 1.54) is 18.3 Å². The van der Waals surface area contributed by atoms with Crippen molar-refractivity contribution in [2.45, 2.75) is 12.1 Å². The van der Waals surface area contributed by atoms with E-state index >= 15 is 0 Å². The average molecular weight is 434 g/mol. The summed E-state index contributed by atoms with van der Waals surface area (Å²) in [5.41, 5.74) is 8.00. The number of primary amides is 1. The van der Waals surface area contributed by atoms with Crippen LogP contribution in [0.2, 0.25) is 0 Å². The van der Waals surface area contributed by atoms with Gasteiger partial charge < -0.3 is 16.0 Å². The molecule has 4 rings (SSSR count). The van der Waals surface area contributed by atoms with Crippen molar-refractivity contribution >= 4 is 40.3 Å². The summed E-state index contributed by atoms with van der Waals surface area (Å²) < 4.78 is 1.62. The number of nitrogens with two attached hydrogens (primary N) is 1. The number of hydrogen-bond acceptors (Lipinski definition) is 6. The molecule has 0 aliphatic carbocycles. The third-order valence-corrected chi connectivity index (χ3v) is 5.43. The van der Waals surface area contributed by atoms with E-state index in [0.717, 1.165) is 23.0 Å². The molecule has 2 amide bonds. The Morgan fingerprint density at radius 2 is 1.90 bits per heavy atom. The number of thioether (sulfide) groups is 1. The number of nitrogens with one attached hydrogen (secondary N) is 2. The Labute approximate surface area is 180 Å². The number of carbonyl (C=O) groups is 2. The lowest BCUT2D eigenvalue weighted by Crippen LogP contribution is -2.16. The molecule has 156 valence electrons. The predicted octanol–water partition coefficient (Wildman–Crippen LogP) is 2.25. The number of para-hydroxylation sites is 1. The molecular weight excluding hydrogens is 416 g/mol. The maximum absolute atomic E-state index is 12.5. The van der Waals surface area contributed by atoms with Gasteiger partial charge in [-0.25, -0.2) is 9.67 Å². The summed E-state index contributed by atoms with van der Waals surface area (Å²) in [7, 11) is 0. The summed E-state index contributed by atoms with van der Waals surface area (Å²) in [6.45, 7) is 1.95. The Hall–Kier alpha value is -3.92. The van der Waals surface area contributed by atoms with Gasteiger partial charge in [0.15, 0.2) is 10.8 Å². The van der Waals surface area contributed by atoms with Crippen molar-refractivity contribution in [2.75, 3.05) is 11.1 Å². The zero-order valence-electron chi connectivity index (χ0n) is 16.5. The molecule has 0 radical (unpaired) electrons. The Bertz CT molecular complexity index is 1340. The summed E-state index contributed by atoms with van der Waals surface area (Å²) in [6.07, 6.45) is 1.48. The van der Waals surface area contributed by atoms with Crippen LogP contribution in [0.5, 0.6) is 0 Å². The van der Waals surface area contributed by atoms with Gasteiger partial charge in [0.2, 0.25) is 11.8 Å². The van der Waals surface area contributed by atoms with Crippen LogP contribution in [0.25, 0.3) is 16.7 Å². The first-order valence-electron chi connectivity index (χ1n) is 9.29. The van der Waals surface area contributed by atoms with Crippen LogP contribution in [0.4, 0.5) is 5.69 Å². The molecule has 2 aromatic carbocycles. The van der Waals surface area contributed by atoms with Gasteiger partial charge in [0.25, 0.3) is 5.56 Å². The number of aromatic nitrogens is 4. The van der Waals surface area contributed by atoms with Gasteiger partial charge >= 0.3 is 0 Å². The maximum atomic E-state index is 12.5. The van der Waals surface area contributed by atoms with Crippen molar-refractivity contribution in [3.63, 3.8) is 0 Å². The number of hydrogen-bond donors (Lipinski definition) is 3. The minimum absolute atomic E-state index is 0.0323. The number of aromatic amines is 1. The summed E-state index contributed by atoms with van der Waals surface area (Å²) in [4.78, 5) is 43.0. The first-order chi connectivity index (χ1) is 14.9. The van der Waals surface area contributed by atoms with E-state index in [-0.39, 0.29) is 17.2 Å². The second-order valence-electron chi connectivity index (χ2n) is 6.73. The average Bonchev–Trinajstić information content (AvgIpc) is 3.17. The largest absolute Gasteiger partial charge is 0.366 e. The molecule has 0 aliphatic rings. The smallest absolute Gasteiger partial charge is 0.262 e. The lowest BCUT2D eigenvalue weighted by molar-refractivity contribution is -0.113. The van der Waals surface area contributed by atoms with E-state index in [0.29, 0.717) is 27.4 Å². The van der Waals surface area contributed by atoms with E-state index in [1.807, 2.05) is 31.2 Å². The second kappa shape index (κ2) is 8.44. The maximum Gasteiger partial charge on any atom is 0.262 e. The van der Waals surface area contributed by atoms with Gasteiger partial charge in [0, 0.05) is 11.3 Å². The van der Waals surface area contributed by atoms with Crippen LogP contribution in [0, 0.1) is 6.92 Å². The molecule has 10 heteroatoms. The minimum atomic E-state index is -0.538. The van der Waals surface area contributed by atoms with Crippen molar-refractivity contribution in [1.29, 1.82) is 0 Å². The zero-order valence-corrected chi connectivity index (χ0v) is 17.3. The molecule has 0 unspecified atom stereocenters. The van der Waals surface area contributed by atoms with Crippen LogP contribution in [0.15, 0.2) is 64.7 Å². The van der Waals surface area contributed by atoms with Crippen molar-refractivity contribution in [3.8, 4) is 5.69 Å². The molecule has 9 nitrogen and oxygen atoms in total. The van der Waals surface area contributed by atoms with Gasteiger partial charge in [-0.15, -0.1) is 0 Å². The van der Waals surface area contributed by atoms with E-state index in [4.69, 9.17) is 5.73 Å². The van der Waals surface area contributed by atoms with E-state index in [1.54, 1.807) is 16.8 Å². The zero-order chi connectivity index (χ0) is 22.0.